The van der Waals surface area contributed by atoms with Gasteiger partial charge in [0.2, 0.25) is 0 Å². The lowest BCUT2D eigenvalue weighted by Crippen LogP contribution is -2.28. The number of amides is 1. The molecule has 5 rings (SSSR count). The summed E-state index contributed by atoms with van der Waals surface area (Å²) in [6, 6.07) is 12.8. The van der Waals surface area contributed by atoms with Gasteiger partial charge in [0.05, 0.1) is 17.5 Å². The number of nitrogens with one attached hydrogen (secondary N) is 1. The fraction of sp³-hybridized carbons (Fsp3) is 0.222. The second kappa shape index (κ2) is 9.79. The number of para-hydroxylation sites is 1. The number of likely N-dealkylation sites (tertiary alicyclic amines) is 1. The SMILES string of the molecule is CC#CC(=O)N1C[C@@H](OC)[C@@H](n2cc(-c3ccc(Oc4ccccc4F)cc3)c3c(N)n[nH]c(=O)c32)C1. The summed E-state index contributed by atoms with van der Waals surface area (Å²) in [4.78, 5) is 27.0. The molecule has 1 aliphatic rings. The zero-order valence-corrected chi connectivity index (χ0v) is 20.2. The van der Waals surface area contributed by atoms with Crippen molar-refractivity contribution in [2.45, 2.75) is 19.1 Å². The number of aromatic nitrogens is 3. The Morgan fingerprint density at radius 2 is 1.95 bits per heavy atom. The van der Waals surface area contributed by atoms with Crippen LogP contribution in [0.1, 0.15) is 13.0 Å². The van der Waals surface area contributed by atoms with Crippen molar-refractivity contribution < 1.29 is 18.7 Å². The molecule has 0 unspecified atom stereocenters. The Hall–Kier alpha value is -4.62. The molecule has 9 nitrogen and oxygen atoms in total. The summed E-state index contributed by atoms with van der Waals surface area (Å²) in [6.07, 6.45) is 1.46. The molecule has 4 aromatic rings. The highest BCUT2D eigenvalue weighted by Crippen LogP contribution is 2.37. The highest BCUT2D eigenvalue weighted by Gasteiger charge is 2.37. The van der Waals surface area contributed by atoms with Crippen molar-refractivity contribution in [1.29, 1.82) is 0 Å². The maximum absolute atomic E-state index is 14.0. The number of halogens is 1. The number of nitrogens with two attached hydrogens (primary N) is 1. The van der Waals surface area contributed by atoms with E-state index in [9.17, 15) is 14.0 Å². The maximum atomic E-state index is 14.0. The zero-order valence-electron chi connectivity index (χ0n) is 20.2. The van der Waals surface area contributed by atoms with Gasteiger partial charge in [0.25, 0.3) is 11.5 Å². The molecule has 3 heterocycles. The summed E-state index contributed by atoms with van der Waals surface area (Å²) < 4.78 is 27.1. The third-order valence-electron chi connectivity index (χ3n) is 6.43. The fourth-order valence-corrected chi connectivity index (χ4v) is 4.68. The van der Waals surface area contributed by atoms with Crippen LogP contribution in [0.3, 0.4) is 0 Å². The topological polar surface area (TPSA) is 115 Å². The standard InChI is InChI=1S/C27H24FN5O4/c1-3-6-23(34)32-14-20(22(15-32)36-2)33-13-18(24-25(33)27(35)31-30-26(24)29)16-9-11-17(12-10-16)37-21-8-5-4-7-19(21)28/h4-5,7-13,20,22H,14-15H2,1-2H3,(H2,29,30)(H,31,35)/t20-,22+/m0/s1. The van der Waals surface area contributed by atoms with E-state index in [1.807, 2.05) is 6.20 Å². The Bertz CT molecular complexity index is 1600. The van der Waals surface area contributed by atoms with E-state index in [4.69, 9.17) is 15.2 Å². The van der Waals surface area contributed by atoms with Crippen LogP contribution in [0.5, 0.6) is 11.5 Å². The van der Waals surface area contributed by atoms with Crippen LogP contribution in [0.2, 0.25) is 0 Å². The fourth-order valence-electron chi connectivity index (χ4n) is 4.68. The zero-order chi connectivity index (χ0) is 26.1. The van der Waals surface area contributed by atoms with Gasteiger partial charge in [-0.15, -0.1) is 0 Å². The first-order valence-electron chi connectivity index (χ1n) is 11.6. The molecule has 0 spiro atoms. The highest BCUT2D eigenvalue weighted by molar-refractivity contribution is 6.02. The monoisotopic (exact) mass is 501 g/mol. The van der Waals surface area contributed by atoms with Crippen molar-refractivity contribution in [1.82, 2.24) is 19.7 Å². The van der Waals surface area contributed by atoms with Gasteiger partial charge in [-0.25, -0.2) is 9.49 Å². The summed E-state index contributed by atoms with van der Waals surface area (Å²) in [7, 11) is 1.57. The lowest BCUT2D eigenvalue weighted by atomic mass is 10.1. The Balaban J connectivity index is 1.56. The summed E-state index contributed by atoms with van der Waals surface area (Å²) in [5.41, 5.74) is 7.58. The molecule has 188 valence electrons. The lowest BCUT2D eigenvalue weighted by Gasteiger charge is -2.19. The number of carbonyl (C=O) groups excluding carboxylic acids is 1. The molecule has 0 aliphatic carbocycles. The van der Waals surface area contributed by atoms with E-state index in [1.54, 1.807) is 66.0 Å². The van der Waals surface area contributed by atoms with Crippen molar-refractivity contribution in [3.05, 3.63) is 70.9 Å². The normalized spacial score (nSPS) is 17.0. The van der Waals surface area contributed by atoms with Gasteiger partial charge >= 0.3 is 0 Å². The molecule has 0 bridgehead atoms. The molecule has 37 heavy (non-hydrogen) atoms. The third kappa shape index (κ3) is 4.41. The van der Waals surface area contributed by atoms with Crippen LogP contribution in [0.25, 0.3) is 22.0 Å². The first-order chi connectivity index (χ1) is 17.9. The molecule has 10 heteroatoms. The van der Waals surface area contributed by atoms with Gasteiger partial charge in [0.1, 0.15) is 11.3 Å². The Morgan fingerprint density at radius 3 is 2.65 bits per heavy atom. The van der Waals surface area contributed by atoms with E-state index in [1.165, 1.54) is 6.07 Å². The summed E-state index contributed by atoms with van der Waals surface area (Å²) in [5, 5.41) is 6.90. The van der Waals surface area contributed by atoms with E-state index < -0.39 is 11.4 Å². The van der Waals surface area contributed by atoms with E-state index in [-0.39, 0.29) is 29.6 Å². The van der Waals surface area contributed by atoms with Gasteiger partial charge in [-0.3, -0.25) is 9.59 Å². The van der Waals surface area contributed by atoms with E-state index >= 15 is 0 Å². The number of ether oxygens (including phenoxy) is 2. The van der Waals surface area contributed by atoms with Gasteiger partial charge in [-0.2, -0.15) is 5.10 Å². The number of fused-ring (bicyclic) bond motifs is 1. The molecule has 3 N–H and O–H groups in total. The number of hydrogen-bond donors (Lipinski definition) is 2. The number of carbonyl (C=O) groups is 1. The van der Waals surface area contributed by atoms with Crippen LogP contribution < -0.4 is 16.0 Å². The number of H-pyrrole nitrogens is 1. The molecule has 2 aromatic carbocycles. The molecule has 1 fully saturated rings. The maximum Gasteiger partial charge on any atom is 0.298 e. The number of nitrogen functional groups attached to an aromatic ring is 1. The van der Waals surface area contributed by atoms with Crippen LogP contribution >= 0.6 is 0 Å². The molecule has 1 amide bonds. The number of aromatic amines is 1. The Morgan fingerprint density at radius 1 is 1.19 bits per heavy atom. The van der Waals surface area contributed by atoms with E-state index in [0.29, 0.717) is 35.3 Å². The van der Waals surface area contributed by atoms with Gasteiger partial charge < -0.3 is 24.7 Å². The average Bonchev–Trinajstić information content (AvgIpc) is 3.51. The van der Waals surface area contributed by atoms with Crippen LogP contribution in [0.15, 0.2) is 59.5 Å². The summed E-state index contributed by atoms with van der Waals surface area (Å²) >= 11 is 0. The molecule has 0 saturated carbocycles. The second-order valence-corrected chi connectivity index (χ2v) is 8.60. The number of hydrogen-bond acceptors (Lipinski definition) is 6. The van der Waals surface area contributed by atoms with Crippen molar-refractivity contribution in [3.63, 3.8) is 0 Å². The van der Waals surface area contributed by atoms with Crippen molar-refractivity contribution in [3.8, 4) is 34.5 Å². The molecule has 1 saturated heterocycles. The molecule has 2 atom stereocenters. The van der Waals surface area contributed by atoms with Gasteiger partial charge in [0.15, 0.2) is 17.4 Å². The van der Waals surface area contributed by atoms with E-state index in [2.05, 4.69) is 22.0 Å². The number of nitrogens with zero attached hydrogens (tertiary/aromatic N) is 3. The lowest BCUT2D eigenvalue weighted by molar-refractivity contribution is -0.124. The van der Waals surface area contributed by atoms with Gasteiger partial charge in [-0.05, 0) is 42.7 Å². The number of rotatable bonds is 5. The van der Waals surface area contributed by atoms with Crippen molar-refractivity contribution >= 4 is 22.6 Å². The van der Waals surface area contributed by atoms with Gasteiger partial charge in [0, 0.05) is 32.0 Å². The third-order valence-corrected chi connectivity index (χ3v) is 6.43. The van der Waals surface area contributed by atoms with Crippen LogP contribution in [-0.4, -0.2) is 51.9 Å². The van der Waals surface area contributed by atoms with Crippen molar-refractivity contribution in [2.75, 3.05) is 25.9 Å². The molecule has 0 radical (unpaired) electrons. The predicted octanol–water partition coefficient (Wildman–Crippen LogP) is 3.33. The number of anilines is 1. The minimum absolute atomic E-state index is 0.116. The van der Waals surface area contributed by atoms with Crippen LogP contribution in [0, 0.1) is 17.7 Å². The summed E-state index contributed by atoms with van der Waals surface area (Å²) in [5.74, 6) is 5.14. The molecular formula is C27H24FN5O4. The molecular weight excluding hydrogens is 477 g/mol. The minimum Gasteiger partial charge on any atom is -0.454 e. The van der Waals surface area contributed by atoms with Gasteiger partial charge in [-0.1, -0.05) is 30.2 Å². The minimum atomic E-state index is -0.463. The largest absolute Gasteiger partial charge is 0.454 e. The predicted molar refractivity (Wildman–Crippen MR) is 137 cm³/mol. The average molecular weight is 502 g/mol. The number of benzene rings is 2. The molecule has 2 aromatic heterocycles. The van der Waals surface area contributed by atoms with Crippen molar-refractivity contribution in [2.24, 2.45) is 0 Å². The Labute approximate surface area is 211 Å². The molecule has 1 aliphatic heterocycles. The first kappa shape index (κ1) is 24.1. The quantitative estimate of drug-likeness (QED) is 0.406. The number of methoxy groups -OCH3 is 1. The summed E-state index contributed by atoms with van der Waals surface area (Å²) in [6.45, 7) is 2.25. The van der Waals surface area contributed by atoms with Crippen LogP contribution in [-0.2, 0) is 9.53 Å². The Kier molecular flexibility index (Phi) is 6.38. The first-order valence-corrected chi connectivity index (χ1v) is 11.6. The van der Waals surface area contributed by atoms with E-state index in [0.717, 1.165) is 5.56 Å². The highest BCUT2D eigenvalue weighted by atomic mass is 19.1. The smallest absolute Gasteiger partial charge is 0.298 e. The second-order valence-electron chi connectivity index (χ2n) is 8.60. The van der Waals surface area contributed by atoms with Crippen LogP contribution in [0.4, 0.5) is 10.2 Å².